The number of halogens is 4. The van der Waals surface area contributed by atoms with Crippen molar-refractivity contribution >= 4 is 33.2 Å². The minimum Gasteiger partial charge on any atom is -0.482 e. The van der Waals surface area contributed by atoms with E-state index in [1.54, 1.807) is 4.90 Å². The lowest BCUT2D eigenvalue weighted by molar-refractivity contribution is -0.137. The summed E-state index contributed by atoms with van der Waals surface area (Å²) in [5, 5.41) is -0.0580. The van der Waals surface area contributed by atoms with E-state index in [9.17, 15) is 26.4 Å². The molecule has 1 amide bonds. The molecule has 1 heterocycles. The maximum atomic E-state index is 12.9. The predicted molar refractivity (Wildman–Crippen MR) is 137 cm³/mol. The van der Waals surface area contributed by atoms with Crippen LogP contribution in [-0.4, -0.2) is 56.9 Å². The van der Waals surface area contributed by atoms with Gasteiger partial charge in [-0.25, -0.2) is 8.42 Å². The summed E-state index contributed by atoms with van der Waals surface area (Å²) < 4.78 is 71.8. The largest absolute Gasteiger partial charge is 0.482 e. The molecule has 1 aliphatic heterocycles. The summed E-state index contributed by atoms with van der Waals surface area (Å²) >= 11 is 6.19. The van der Waals surface area contributed by atoms with E-state index in [-0.39, 0.29) is 33.9 Å². The maximum absolute atomic E-state index is 12.9. The van der Waals surface area contributed by atoms with Crippen molar-refractivity contribution in [2.45, 2.75) is 17.6 Å². The van der Waals surface area contributed by atoms with Crippen LogP contribution in [0.3, 0.4) is 0 Å². The Morgan fingerprint density at radius 3 is 2.32 bits per heavy atom. The number of amides is 1. The van der Waals surface area contributed by atoms with Crippen molar-refractivity contribution < 1.29 is 31.1 Å². The lowest BCUT2D eigenvalue weighted by Gasteiger charge is -2.34. The second-order valence-corrected chi connectivity index (χ2v) is 10.8. The molecule has 0 spiro atoms. The van der Waals surface area contributed by atoms with Crippen LogP contribution in [-0.2, 0) is 27.5 Å². The van der Waals surface area contributed by atoms with Crippen LogP contribution in [0, 0.1) is 0 Å². The summed E-state index contributed by atoms with van der Waals surface area (Å²) in [5.41, 5.74) is -0.0202. The fourth-order valence-corrected chi connectivity index (χ4v) is 5.34. The zero-order valence-corrected chi connectivity index (χ0v) is 21.7. The van der Waals surface area contributed by atoms with Gasteiger partial charge in [-0.1, -0.05) is 48.0 Å². The average Bonchev–Trinajstić information content (AvgIpc) is 2.88. The van der Waals surface area contributed by atoms with Crippen molar-refractivity contribution in [2.75, 3.05) is 37.5 Å². The molecule has 1 N–H and O–H groups in total. The number of carbonyl (C=O) groups is 1. The highest BCUT2D eigenvalue weighted by molar-refractivity contribution is 7.92. The molecule has 1 fully saturated rings. The third-order valence-electron chi connectivity index (χ3n) is 5.98. The number of carbonyl (C=O) groups excluding carboxylic acids is 1. The second-order valence-electron chi connectivity index (χ2n) is 8.71. The van der Waals surface area contributed by atoms with Crippen LogP contribution < -0.4 is 9.46 Å². The first-order chi connectivity index (χ1) is 18.0. The SMILES string of the molecule is O=C(COc1ccc(S(=O)(=O)Nc2cccc(C(F)(F)F)c2)cc1Cl)N1CCN(Cc2ccccc2)CC1. The fourth-order valence-electron chi connectivity index (χ4n) is 3.97. The van der Waals surface area contributed by atoms with Crippen molar-refractivity contribution in [2.24, 2.45) is 0 Å². The Hall–Kier alpha value is -3.28. The lowest BCUT2D eigenvalue weighted by atomic mass is 10.2. The van der Waals surface area contributed by atoms with Gasteiger partial charge in [0.15, 0.2) is 6.61 Å². The Labute approximate surface area is 223 Å². The van der Waals surface area contributed by atoms with Crippen LogP contribution in [0.2, 0.25) is 5.02 Å². The Morgan fingerprint density at radius 1 is 0.947 bits per heavy atom. The average molecular weight is 568 g/mol. The number of rotatable bonds is 8. The summed E-state index contributed by atoms with van der Waals surface area (Å²) in [6, 6.07) is 17.5. The molecule has 7 nitrogen and oxygen atoms in total. The Kier molecular flexibility index (Phi) is 8.49. The van der Waals surface area contributed by atoms with Crippen molar-refractivity contribution in [3.63, 3.8) is 0 Å². The number of nitrogens with zero attached hydrogens (tertiary/aromatic N) is 2. The van der Waals surface area contributed by atoms with Crippen LogP contribution in [0.5, 0.6) is 5.75 Å². The third kappa shape index (κ3) is 7.18. The standard InChI is InChI=1S/C26H25ClF3N3O4S/c27-23-16-22(38(35,36)31-21-8-4-7-20(15-21)26(28,29)30)9-10-24(23)37-18-25(34)33-13-11-32(12-14-33)17-19-5-2-1-3-6-19/h1-10,15-16,31H,11-14,17-18H2. The number of ether oxygens (including phenoxy) is 1. The first-order valence-corrected chi connectivity index (χ1v) is 13.5. The molecule has 1 saturated heterocycles. The number of hydrogen-bond acceptors (Lipinski definition) is 5. The van der Waals surface area contributed by atoms with E-state index in [4.69, 9.17) is 16.3 Å². The maximum Gasteiger partial charge on any atom is 0.416 e. The normalized spacial score (nSPS) is 14.8. The number of benzene rings is 3. The molecule has 0 saturated carbocycles. The molecule has 3 aromatic rings. The first kappa shape index (κ1) is 27.7. The number of anilines is 1. The van der Waals surface area contributed by atoms with Gasteiger partial charge in [-0.3, -0.25) is 14.4 Å². The molecular formula is C26H25ClF3N3O4S. The van der Waals surface area contributed by atoms with Gasteiger partial charge in [-0.05, 0) is 42.0 Å². The highest BCUT2D eigenvalue weighted by Gasteiger charge is 2.31. The molecule has 0 unspecified atom stereocenters. The molecular weight excluding hydrogens is 543 g/mol. The molecule has 0 aliphatic carbocycles. The smallest absolute Gasteiger partial charge is 0.416 e. The van der Waals surface area contributed by atoms with E-state index in [1.807, 2.05) is 18.2 Å². The van der Waals surface area contributed by atoms with E-state index in [0.29, 0.717) is 19.2 Å². The summed E-state index contributed by atoms with van der Waals surface area (Å²) in [4.78, 5) is 16.3. The zero-order chi connectivity index (χ0) is 27.3. The van der Waals surface area contributed by atoms with Crippen LogP contribution in [0.1, 0.15) is 11.1 Å². The van der Waals surface area contributed by atoms with E-state index in [2.05, 4.69) is 21.8 Å². The number of piperazine rings is 1. The van der Waals surface area contributed by atoms with Crippen molar-refractivity contribution in [1.82, 2.24) is 9.80 Å². The Morgan fingerprint density at radius 2 is 1.66 bits per heavy atom. The second kappa shape index (κ2) is 11.6. The molecule has 38 heavy (non-hydrogen) atoms. The quantitative estimate of drug-likeness (QED) is 0.420. The highest BCUT2D eigenvalue weighted by Crippen LogP contribution is 2.32. The first-order valence-electron chi connectivity index (χ1n) is 11.7. The van der Waals surface area contributed by atoms with Gasteiger partial charge in [-0.15, -0.1) is 0 Å². The Balaban J connectivity index is 1.31. The Bertz CT molecular complexity index is 1380. The minimum absolute atomic E-state index is 0.0580. The van der Waals surface area contributed by atoms with E-state index >= 15 is 0 Å². The summed E-state index contributed by atoms with van der Waals surface area (Å²) in [6.07, 6.45) is -4.61. The molecule has 4 rings (SSSR count). The zero-order valence-electron chi connectivity index (χ0n) is 20.1. The van der Waals surface area contributed by atoms with Crippen LogP contribution in [0.4, 0.5) is 18.9 Å². The summed E-state index contributed by atoms with van der Waals surface area (Å²) in [5.74, 6) is -0.107. The van der Waals surface area contributed by atoms with Gasteiger partial charge < -0.3 is 9.64 Å². The van der Waals surface area contributed by atoms with Crippen molar-refractivity contribution in [3.05, 3.63) is 88.9 Å². The molecule has 12 heteroatoms. The number of nitrogens with one attached hydrogen (secondary N) is 1. The topological polar surface area (TPSA) is 78.9 Å². The molecule has 0 radical (unpaired) electrons. The van der Waals surface area contributed by atoms with Gasteiger partial charge in [0.05, 0.1) is 15.5 Å². The number of alkyl halides is 3. The molecule has 0 atom stereocenters. The van der Waals surface area contributed by atoms with Gasteiger partial charge in [0, 0.05) is 38.4 Å². The van der Waals surface area contributed by atoms with E-state index in [0.717, 1.165) is 37.8 Å². The van der Waals surface area contributed by atoms with Crippen LogP contribution >= 0.6 is 11.6 Å². The van der Waals surface area contributed by atoms with E-state index < -0.39 is 21.8 Å². The van der Waals surface area contributed by atoms with Gasteiger partial charge in [-0.2, -0.15) is 13.2 Å². The van der Waals surface area contributed by atoms with Gasteiger partial charge in [0.1, 0.15) is 5.75 Å². The number of sulfonamides is 1. The van der Waals surface area contributed by atoms with E-state index in [1.165, 1.54) is 23.8 Å². The predicted octanol–water partition coefficient (Wildman–Crippen LogP) is 4.88. The summed E-state index contributed by atoms with van der Waals surface area (Å²) in [7, 11) is -4.23. The van der Waals surface area contributed by atoms with Crippen LogP contribution in [0.15, 0.2) is 77.7 Å². The molecule has 202 valence electrons. The highest BCUT2D eigenvalue weighted by atomic mass is 35.5. The molecule has 0 aromatic heterocycles. The molecule has 1 aliphatic rings. The van der Waals surface area contributed by atoms with Crippen molar-refractivity contribution in [3.8, 4) is 5.75 Å². The van der Waals surface area contributed by atoms with Gasteiger partial charge in [0.2, 0.25) is 0 Å². The fraction of sp³-hybridized carbons (Fsp3) is 0.269. The van der Waals surface area contributed by atoms with Gasteiger partial charge in [0.25, 0.3) is 15.9 Å². The molecule has 3 aromatic carbocycles. The third-order valence-corrected chi connectivity index (χ3v) is 7.66. The monoisotopic (exact) mass is 567 g/mol. The molecule has 0 bridgehead atoms. The summed E-state index contributed by atoms with van der Waals surface area (Å²) in [6.45, 7) is 3.11. The van der Waals surface area contributed by atoms with Gasteiger partial charge >= 0.3 is 6.18 Å². The number of hydrogen-bond donors (Lipinski definition) is 1. The van der Waals surface area contributed by atoms with Crippen LogP contribution in [0.25, 0.3) is 0 Å². The minimum atomic E-state index is -4.61. The van der Waals surface area contributed by atoms with Crippen molar-refractivity contribution in [1.29, 1.82) is 0 Å². The lowest BCUT2D eigenvalue weighted by Crippen LogP contribution is -2.49.